The van der Waals surface area contributed by atoms with Crippen LogP contribution in [0.3, 0.4) is 0 Å². The number of aryl methyl sites for hydroxylation is 1. The van der Waals surface area contributed by atoms with Crippen LogP contribution in [0.15, 0.2) is 36.9 Å². The molecule has 0 bridgehead atoms. The Bertz CT molecular complexity index is 1390. The highest BCUT2D eigenvalue weighted by Gasteiger charge is 2.30. The molecule has 3 heterocycles. The average Bonchev–Trinajstić information content (AvgIpc) is 3.42. The first-order valence-electron chi connectivity index (χ1n) is 14.0. The smallest absolute Gasteiger partial charge is 0.410 e. The maximum atomic E-state index is 12.7. The van der Waals surface area contributed by atoms with Gasteiger partial charge >= 0.3 is 6.09 Å². The summed E-state index contributed by atoms with van der Waals surface area (Å²) in [7, 11) is 1.80. The van der Waals surface area contributed by atoms with Gasteiger partial charge in [-0.25, -0.2) is 19.4 Å². The fourth-order valence-corrected chi connectivity index (χ4v) is 4.75. The molecule has 1 fully saturated rings. The van der Waals surface area contributed by atoms with Gasteiger partial charge in [-0.1, -0.05) is 17.3 Å². The summed E-state index contributed by atoms with van der Waals surface area (Å²) in [6.45, 7) is 15.5. The molecule has 1 aliphatic rings. The number of nitrogens with one attached hydrogen (secondary N) is 1. The van der Waals surface area contributed by atoms with Crippen LogP contribution in [-0.2, 0) is 16.8 Å². The second kappa shape index (κ2) is 11.8. The number of benzene rings is 1. The Labute approximate surface area is 242 Å². The Morgan fingerprint density at radius 2 is 1.93 bits per heavy atom. The van der Waals surface area contributed by atoms with Crippen LogP contribution in [0.5, 0.6) is 0 Å². The molecule has 2 aromatic heterocycles. The standard InChI is InChI=1S/C30H42N8O3/c1-20-14-21(11-12-22(20)15-32-27(39)24-18-38(35-34-24)29(2,3)4)26-25(16-31-19-33-26)37-13-9-10-23(17-37)36(8)28(40)41-30(5,6)7/h11-12,14,16,18-19,23H,9-10,13,15,17H2,1-8H3,(H,32,39). The second-order valence-electron chi connectivity index (χ2n) is 12.6. The van der Waals surface area contributed by atoms with Gasteiger partial charge in [0.25, 0.3) is 5.91 Å². The highest BCUT2D eigenvalue weighted by Crippen LogP contribution is 2.32. The molecule has 220 valence electrons. The lowest BCUT2D eigenvalue weighted by molar-refractivity contribution is 0.0209. The van der Waals surface area contributed by atoms with E-state index in [1.807, 2.05) is 66.8 Å². The van der Waals surface area contributed by atoms with E-state index in [0.717, 1.165) is 47.5 Å². The third-order valence-electron chi connectivity index (χ3n) is 7.13. The van der Waals surface area contributed by atoms with Crippen LogP contribution in [0.1, 0.15) is 76.0 Å². The number of nitrogens with zero attached hydrogens (tertiary/aromatic N) is 7. The Morgan fingerprint density at radius 3 is 2.59 bits per heavy atom. The van der Waals surface area contributed by atoms with Crippen LogP contribution >= 0.6 is 0 Å². The topological polar surface area (TPSA) is 118 Å². The number of aromatic nitrogens is 5. The summed E-state index contributed by atoms with van der Waals surface area (Å²) in [6, 6.07) is 6.13. The zero-order chi connectivity index (χ0) is 29.9. The van der Waals surface area contributed by atoms with E-state index in [2.05, 4.69) is 36.6 Å². The molecule has 41 heavy (non-hydrogen) atoms. The van der Waals surface area contributed by atoms with Crippen molar-refractivity contribution in [2.75, 3.05) is 25.0 Å². The molecule has 1 N–H and O–H groups in total. The van der Waals surface area contributed by atoms with Crippen molar-refractivity contribution < 1.29 is 14.3 Å². The van der Waals surface area contributed by atoms with Gasteiger partial charge in [0.15, 0.2) is 5.69 Å². The molecule has 2 amide bonds. The summed E-state index contributed by atoms with van der Waals surface area (Å²) in [5.74, 6) is -0.266. The predicted molar refractivity (Wildman–Crippen MR) is 158 cm³/mol. The Kier molecular flexibility index (Phi) is 8.65. The summed E-state index contributed by atoms with van der Waals surface area (Å²) in [6.07, 6.45) is 6.59. The Morgan fingerprint density at radius 1 is 1.17 bits per heavy atom. The summed E-state index contributed by atoms with van der Waals surface area (Å²) >= 11 is 0. The first-order valence-corrected chi connectivity index (χ1v) is 14.0. The number of hydrogen-bond acceptors (Lipinski definition) is 8. The molecule has 0 aliphatic carbocycles. The summed E-state index contributed by atoms with van der Waals surface area (Å²) in [5.41, 5.74) is 4.25. The summed E-state index contributed by atoms with van der Waals surface area (Å²) < 4.78 is 7.28. The van der Waals surface area contributed by atoms with Crippen LogP contribution < -0.4 is 10.2 Å². The van der Waals surface area contributed by atoms with Gasteiger partial charge in [0.1, 0.15) is 11.9 Å². The molecular formula is C30H42N8O3. The number of rotatable bonds is 6. The molecule has 1 aliphatic heterocycles. The van der Waals surface area contributed by atoms with Crippen molar-refractivity contribution in [3.8, 4) is 11.3 Å². The number of likely N-dealkylation sites (N-methyl/N-ethyl adjacent to an activating group) is 1. The number of anilines is 1. The van der Waals surface area contributed by atoms with Crippen LogP contribution in [0.2, 0.25) is 0 Å². The van der Waals surface area contributed by atoms with E-state index in [-0.39, 0.29) is 29.3 Å². The minimum atomic E-state index is -0.542. The number of carbonyl (C=O) groups is 2. The number of ether oxygens (including phenoxy) is 1. The zero-order valence-electron chi connectivity index (χ0n) is 25.4. The predicted octanol–water partition coefficient (Wildman–Crippen LogP) is 4.56. The molecule has 1 unspecified atom stereocenters. The minimum absolute atomic E-state index is 0.0179. The average molecular weight is 563 g/mol. The maximum absolute atomic E-state index is 12.7. The van der Waals surface area contributed by atoms with E-state index in [0.29, 0.717) is 13.1 Å². The molecule has 11 nitrogen and oxygen atoms in total. The molecule has 0 radical (unpaired) electrons. The first-order chi connectivity index (χ1) is 19.2. The highest BCUT2D eigenvalue weighted by molar-refractivity contribution is 5.91. The van der Waals surface area contributed by atoms with E-state index in [1.165, 1.54) is 0 Å². The number of amides is 2. The van der Waals surface area contributed by atoms with E-state index < -0.39 is 5.60 Å². The van der Waals surface area contributed by atoms with Crippen molar-refractivity contribution in [1.82, 2.24) is 35.2 Å². The third kappa shape index (κ3) is 7.39. The molecule has 1 atom stereocenters. The van der Waals surface area contributed by atoms with Gasteiger partial charge in [-0.15, -0.1) is 5.10 Å². The normalized spacial score (nSPS) is 15.9. The Balaban J connectivity index is 1.46. The van der Waals surface area contributed by atoms with Gasteiger partial charge in [-0.2, -0.15) is 0 Å². The largest absolute Gasteiger partial charge is 0.444 e. The maximum Gasteiger partial charge on any atom is 0.410 e. The van der Waals surface area contributed by atoms with Crippen LogP contribution in [0.25, 0.3) is 11.3 Å². The number of piperidine rings is 1. The summed E-state index contributed by atoms with van der Waals surface area (Å²) in [4.78, 5) is 38.3. The van der Waals surface area contributed by atoms with E-state index >= 15 is 0 Å². The molecule has 0 saturated carbocycles. The van der Waals surface area contributed by atoms with Gasteiger partial charge in [0.05, 0.1) is 35.4 Å². The number of hydrogen-bond donors (Lipinski definition) is 1. The van der Waals surface area contributed by atoms with Gasteiger partial charge in [0.2, 0.25) is 0 Å². The third-order valence-corrected chi connectivity index (χ3v) is 7.13. The Hall–Kier alpha value is -4.02. The monoisotopic (exact) mass is 562 g/mol. The SMILES string of the molecule is Cc1cc(-c2ncncc2N2CCCC(N(C)C(=O)OC(C)(C)C)C2)ccc1CNC(=O)c1cn(C(C)(C)C)nn1. The van der Waals surface area contributed by atoms with Crippen molar-refractivity contribution in [3.05, 3.63) is 53.7 Å². The second-order valence-corrected chi connectivity index (χ2v) is 12.6. The molecule has 0 spiro atoms. The molecular weight excluding hydrogens is 520 g/mol. The van der Waals surface area contributed by atoms with E-state index in [1.54, 1.807) is 29.2 Å². The first kappa shape index (κ1) is 30.0. The lowest BCUT2D eigenvalue weighted by Gasteiger charge is -2.39. The van der Waals surface area contributed by atoms with Gasteiger partial charge in [-0.3, -0.25) is 4.79 Å². The fourth-order valence-electron chi connectivity index (χ4n) is 4.75. The minimum Gasteiger partial charge on any atom is -0.444 e. The lowest BCUT2D eigenvalue weighted by Crippen LogP contribution is -2.50. The number of carbonyl (C=O) groups excluding carboxylic acids is 2. The van der Waals surface area contributed by atoms with Crippen LogP contribution in [0.4, 0.5) is 10.5 Å². The van der Waals surface area contributed by atoms with Crippen LogP contribution in [0, 0.1) is 6.92 Å². The lowest BCUT2D eigenvalue weighted by atomic mass is 10.00. The van der Waals surface area contributed by atoms with Crippen molar-refractivity contribution in [2.24, 2.45) is 0 Å². The van der Waals surface area contributed by atoms with Crippen molar-refractivity contribution >= 4 is 17.7 Å². The van der Waals surface area contributed by atoms with Crippen LogP contribution in [-0.4, -0.2) is 73.6 Å². The van der Waals surface area contributed by atoms with Crippen molar-refractivity contribution in [3.63, 3.8) is 0 Å². The molecule has 4 rings (SSSR count). The molecule has 1 saturated heterocycles. The van der Waals surface area contributed by atoms with E-state index in [4.69, 9.17) is 4.74 Å². The molecule has 1 aromatic carbocycles. The van der Waals surface area contributed by atoms with Crippen molar-refractivity contribution in [1.29, 1.82) is 0 Å². The fraction of sp³-hybridized carbons (Fsp3) is 0.533. The quantitative estimate of drug-likeness (QED) is 0.464. The zero-order valence-corrected chi connectivity index (χ0v) is 25.4. The van der Waals surface area contributed by atoms with Gasteiger partial charge < -0.3 is 19.9 Å². The van der Waals surface area contributed by atoms with Crippen molar-refractivity contribution in [2.45, 2.75) is 85.0 Å². The summed E-state index contributed by atoms with van der Waals surface area (Å²) in [5, 5.41) is 11.0. The molecule has 11 heteroatoms. The van der Waals surface area contributed by atoms with Gasteiger partial charge in [-0.05, 0) is 78.5 Å². The van der Waals surface area contributed by atoms with Gasteiger partial charge in [0, 0.05) is 32.2 Å². The van der Waals surface area contributed by atoms with E-state index in [9.17, 15) is 9.59 Å². The molecule has 3 aromatic rings. The highest BCUT2D eigenvalue weighted by atomic mass is 16.6.